The van der Waals surface area contributed by atoms with Crippen LogP contribution >= 0.6 is 0 Å². The molecule has 1 heterocycles. The standard InChI is InChI=1S/C13H20N2O2/c1-8-9(2)15(3)11-7-13(17-5)12(16-4)6-10(11)14-8/h6-9,14H,1-5H3. The molecule has 17 heavy (non-hydrogen) atoms. The summed E-state index contributed by atoms with van der Waals surface area (Å²) in [5.41, 5.74) is 2.24. The Balaban J connectivity index is 2.50. The van der Waals surface area contributed by atoms with E-state index in [4.69, 9.17) is 9.47 Å². The Hall–Kier alpha value is -1.58. The number of hydrogen-bond acceptors (Lipinski definition) is 4. The number of rotatable bonds is 2. The van der Waals surface area contributed by atoms with Crippen LogP contribution in [0.1, 0.15) is 13.8 Å². The van der Waals surface area contributed by atoms with E-state index in [1.54, 1.807) is 14.2 Å². The number of nitrogens with zero attached hydrogens (tertiary/aromatic N) is 1. The van der Waals surface area contributed by atoms with Gasteiger partial charge in [0.25, 0.3) is 0 Å². The third-order valence-corrected chi connectivity index (χ3v) is 3.60. The van der Waals surface area contributed by atoms with Gasteiger partial charge in [-0.2, -0.15) is 0 Å². The van der Waals surface area contributed by atoms with Gasteiger partial charge in [-0.05, 0) is 13.8 Å². The summed E-state index contributed by atoms with van der Waals surface area (Å²) < 4.78 is 10.6. The van der Waals surface area contributed by atoms with Gasteiger partial charge >= 0.3 is 0 Å². The third-order valence-electron chi connectivity index (χ3n) is 3.60. The summed E-state index contributed by atoms with van der Waals surface area (Å²) in [6.45, 7) is 4.39. The number of methoxy groups -OCH3 is 2. The van der Waals surface area contributed by atoms with Crippen molar-refractivity contribution in [2.24, 2.45) is 0 Å². The van der Waals surface area contributed by atoms with Crippen LogP contribution in [-0.2, 0) is 0 Å². The van der Waals surface area contributed by atoms with E-state index in [9.17, 15) is 0 Å². The maximum absolute atomic E-state index is 5.33. The van der Waals surface area contributed by atoms with Crippen molar-refractivity contribution in [3.8, 4) is 11.5 Å². The lowest BCUT2D eigenvalue weighted by Crippen LogP contribution is -2.45. The molecule has 0 fully saturated rings. The van der Waals surface area contributed by atoms with Gasteiger partial charge in [-0.15, -0.1) is 0 Å². The van der Waals surface area contributed by atoms with Gasteiger partial charge in [0, 0.05) is 31.3 Å². The van der Waals surface area contributed by atoms with Gasteiger partial charge in [0.15, 0.2) is 11.5 Å². The molecule has 1 aromatic rings. The van der Waals surface area contributed by atoms with Crippen molar-refractivity contribution in [1.29, 1.82) is 0 Å². The zero-order valence-corrected chi connectivity index (χ0v) is 11.1. The quantitative estimate of drug-likeness (QED) is 0.854. The number of anilines is 2. The lowest BCUT2D eigenvalue weighted by atomic mass is 10.0. The van der Waals surface area contributed by atoms with E-state index in [1.165, 1.54) is 0 Å². The van der Waals surface area contributed by atoms with Crippen LogP contribution in [0.15, 0.2) is 12.1 Å². The highest BCUT2D eigenvalue weighted by Crippen LogP contribution is 2.41. The molecular weight excluding hydrogens is 216 g/mol. The lowest BCUT2D eigenvalue weighted by molar-refractivity contribution is 0.355. The molecule has 2 unspecified atom stereocenters. The summed E-state index contributed by atoms with van der Waals surface area (Å²) in [5, 5.41) is 3.49. The van der Waals surface area contributed by atoms with Crippen LogP contribution in [0.25, 0.3) is 0 Å². The van der Waals surface area contributed by atoms with Crippen LogP contribution in [0, 0.1) is 0 Å². The van der Waals surface area contributed by atoms with E-state index >= 15 is 0 Å². The first-order valence-corrected chi connectivity index (χ1v) is 5.84. The highest BCUT2D eigenvalue weighted by Gasteiger charge is 2.27. The van der Waals surface area contributed by atoms with Crippen molar-refractivity contribution in [2.45, 2.75) is 25.9 Å². The summed E-state index contributed by atoms with van der Waals surface area (Å²) >= 11 is 0. The molecule has 0 aromatic heterocycles. The van der Waals surface area contributed by atoms with Gasteiger partial charge in [-0.3, -0.25) is 0 Å². The molecular formula is C13H20N2O2. The van der Waals surface area contributed by atoms with Gasteiger partial charge in [0.2, 0.25) is 0 Å². The van der Waals surface area contributed by atoms with Gasteiger partial charge in [0.05, 0.1) is 25.6 Å². The molecule has 2 atom stereocenters. The van der Waals surface area contributed by atoms with Crippen LogP contribution in [-0.4, -0.2) is 33.4 Å². The first-order chi connectivity index (χ1) is 8.08. The zero-order chi connectivity index (χ0) is 12.6. The number of fused-ring (bicyclic) bond motifs is 1. The predicted molar refractivity (Wildman–Crippen MR) is 70.5 cm³/mol. The largest absolute Gasteiger partial charge is 0.493 e. The summed E-state index contributed by atoms with van der Waals surface area (Å²) in [5.74, 6) is 1.52. The second-order valence-corrected chi connectivity index (χ2v) is 4.51. The summed E-state index contributed by atoms with van der Waals surface area (Å²) in [7, 11) is 5.42. The van der Waals surface area contributed by atoms with E-state index in [0.717, 1.165) is 22.9 Å². The Morgan fingerprint density at radius 2 is 1.71 bits per heavy atom. The van der Waals surface area contributed by atoms with E-state index in [1.807, 2.05) is 12.1 Å². The number of nitrogens with one attached hydrogen (secondary N) is 1. The second-order valence-electron chi connectivity index (χ2n) is 4.51. The maximum atomic E-state index is 5.33. The fourth-order valence-corrected chi connectivity index (χ4v) is 2.20. The average Bonchev–Trinajstić information content (AvgIpc) is 2.34. The SMILES string of the molecule is COc1cc2c(cc1OC)N(C)C(C)C(C)N2. The lowest BCUT2D eigenvalue weighted by Gasteiger charge is -2.39. The molecule has 0 radical (unpaired) electrons. The second kappa shape index (κ2) is 4.35. The topological polar surface area (TPSA) is 33.7 Å². The monoisotopic (exact) mass is 236 g/mol. The number of ether oxygens (including phenoxy) is 2. The molecule has 0 spiro atoms. The van der Waals surface area contributed by atoms with Gasteiger partial charge in [-0.1, -0.05) is 0 Å². The highest BCUT2D eigenvalue weighted by molar-refractivity contribution is 5.77. The van der Waals surface area contributed by atoms with E-state index in [2.05, 4.69) is 31.1 Å². The molecule has 0 saturated carbocycles. The van der Waals surface area contributed by atoms with Crippen LogP contribution in [0.2, 0.25) is 0 Å². The minimum atomic E-state index is 0.408. The molecule has 0 bridgehead atoms. The Morgan fingerprint density at radius 3 is 2.29 bits per heavy atom. The molecule has 1 N–H and O–H groups in total. The van der Waals surface area contributed by atoms with Crippen molar-refractivity contribution in [3.05, 3.63) is 12.1 Å². The Labute approximate surface area is 103 Å². The summed E-state index contributed by atoms with van der Waals surface area (Å²) in [6, 6.07) is 4.86. The van der Waals surface area contributed by atoms with Crippen molar-refractivity contribution in [1.82, 2.24) is 0 Å². The molecule has 94 valence electrons. The minimum absolute atomic E-state index is 0.408. The Morgan fingerprint density at radius 1 is 1.12 bits per heavy atom. The van der Waals surface area contributed by atoms with Crippen molar-refractivity contribution in [3.63, 3.8) is 0 Å². The van der Waals surface area contributed by atoms with Crippen molar-refractivity contribution >= 4 is 11.4 Å². The predicted octanol–water partition coefficient (Wildman–Crippen LogP) is 2.34. The fraction of sp³-hybridized carbons (Fsp3) is 0.538. The molecule has 1 aliphatic heterocycles. The zero-order valence-electron chi connectivity index (χ0n) is 11.1. The van der Waals surface area contributed by atoms with E-state index < -0.39 is 0 Å². The van der Waals surface area contributed by atoms with Gasteiger partial charge in [0.1, 0.15) is 0 Å². The van der Waals surface area contributed by atoms with Crippen molar-refractivity contribution in [2.75, 3.05) is 31.5 Å². The molecule has 2 rings (SSSR count). The minimum Gasteiger partial charge on any atom is -0.493 e. The normalized spacial score (nSPS) is 22.8. The van der Waals surface area contributed by atoms with Gasteiger partial charge in [-0.25, -0.2) is 0 Å². The van der Waals surface area contributed by atoms with E-state index in [0.29, 0.717) is 12.1 Å². The smallest absolute Gasteiger partial charge is 0.162 e. The maximum Gasteiger partial charge on any atom is 0.162 e. The third kappa shape index (κ3) is 1.88. The van der Waals surface area contributed by atoms with Crippen LogP contribution in [0.3, 0.4) is 0 Å². The Kier molecular flexibility index (Phi) is 3.05. The average molecular weight is 236 g/mol. The molecule has 1 aliphatic rings. The van der Waals surface area contributed by atoms with Crippen LogP contribution < -0.4 is 19.7 Å². The highest BCUT2D eigenvalue weighted by atomic mass is 16.5. The number of benzene rings is 1. The first kappa shape index (κ1) is 11.9. The molecule has 0 saturated heterocycles. The van der Waals surface area contributed by atoms with Crippen LogP contribution in [0.5, 0.6) is 11.5 Å². The molecule has 4 nitrogen and oxygen atoms in total. The molecule has 1 aromatic carbocycles. The molecule has 0 amide bonds. The summed E-state index contributed by atoms with van der Waals surface area (Å²) in [6.07, 6.45) is 0. The fourth-order valence-electron chi connectivity index (χ4n) is 2.20. The summed E-state index contributed by atoms with van der Waals surface area (Å²) in [4.78, 5) is 2.26. The number of likely N-dealkylation sites (N-methyl/N-ethyl adjacent to an activating group) is 1. The van der Waals surface area contributed by atoms with Gasteiger partial charge < -0.3 is 19.7 Å². The molecule has 0 aliphatic carbocycles. The Bertz CT molecular complexity index is 420. The molecule has 4 heteroatoms. The first-order valence-electron chi connectivity index (χ1n) is 5.84. The van der Waals surface area contributed by atoms with Crippen LogP contribution in [0.4, 0.5) is 11.4 Å². The van der Waals surface area contributed by atoms with Crippen molar-refractivity contribution < 1.29 is 9.47 Å². The van der Waals surface area contributed by atoms with E-state index in [-0.39, 0.29) is 0 Å². The number of hydrogen-bond donors (Lipinski definition) is 1.